The molecule has 0 radical (unpaired) electrons. The highest BCUT2D eigenvalue weighted by Gasteiger charge is 2.45. The topological polar surface area (TPSA) is 115 Å². The van der Waals surface area contributed by atoms with Gasteiger partial charge in [-0.3, -0.25) is 19.0 Å². The number of thioether (sulfide) groups is 1. The molecule has 6 atom stereocenters. The Morgan fingerprint density at radius 2 is 2.06 bits per heavy atom. The van der Waals surface area contributed by atoms with E-state index in [0.29, 0.717) is 36.2 Å². The highest BCUT2D eigenvalue weighted by Crippen LogP contribution is 2.49. The molecule has 1 spiro atoms. The number of methoxy groups -OCH3 is 1. The molecule has 1 aromatic heterocycles. The van der Waals surface area contributed by atoms with Gasteiger partial charge < -0.3 is 14.4 Å². The van der Waals surface area contributed by atoms with Crippen LogP contribution in [0.4, 0.5) is 5.69 Å². The summed E-state index contributed by atoms with van der Waals surface area (Å²) in [5.74, 6) is 1.13. The van der Waals surface area contributed by atoms with Crippen LogP contribution < -0.4 is 14.4 Å². The van der Waals surface area contributed by atoms with Gasteiger partial charge in [0.2, 0.25) is 0 Å². The number of hydrogen-bond donors (Lipinski definition) is 1. The smallest absolute Gasteiger partial charge is 0.286 e. The molecule has 4 aliphatic rings. The Morgan fingerprint density at radius 3 is 2.82 bits per heavy atom. The molecule has 49 heavy (non-hydrogen) atoms. The molecule has 10 nitrogen and oxygen atoms in total. The van der Waals surface area contributed by atoms with E-state index >= 15 is 0 Å². The standard InChI is InChI=1S/C37H45N5O5S2/c1-24-8-12-31-26(16-24)14-15-48-37(31)22-42-20-28-9-11-30(28)33(46-4)7-5-6-25(2)21-49(45,40-36(44)29-18-38-41(3)19-29)39-35(43)27-10-13-34(47-23-37)32(42)17-27/h5,7-8,10,12-13,16-19,25,28,30,33H,6,9,11,14-15,20-23H2,1-4H3,(H,39,40,43,44,45)/b7-5+/t25-,28-,30+,33-,37+,49-/m0/s1. The molecule has 3 aliphatic heterocycles. The second-order valence-electron chi connectivity index (χ2n) is 14.1. The Morgan fingerprint density at radius 1 is 1.20 bits per heavy atom. The van der Waals surface area contributed by atoms with Gasteiger partial charge in [-0.05, 0) is 85.4 Å². The number of nitrogens with zero attached hydrogens (tertiary/aromatic N) is 4. The van der Waals surface area contributed by atoms with Crippen molar-refractivity contribution in [3.8, 4) is 5.75 Å². The van der Waals surface area contributed by atoms with Gasteiger partial charge in [-0.15, -0.1) is 16.1 Å². The summed E-state index contributed by atoms with van der Waals surface area (Å²) in [6.07, 6.45) is 10.9. The van der Waals surface area contributed by atoms with Gasteiger partial charge in [0, 0.05) is 39.0 Å². The lowest BCUT2D eigenvalue weighted by Crippen LogP contribution is -2.48. The fraction of sp³-hybridized carbons (Fsp3) is 0.486. The molecular weight excluding hydrogens is 659 g/mol. The summed E-state index contributed by atoms with van der Waals surface area (Å²) in [7, 11) is -0.0379. The lowest BCUT2D eigenvalue weighted by molar-refractivity contribution is 0.0134. The predicted octanol–water partition coefficient (Wildman–Crippen LogP) is 5.70. The van der Waals surface area contributed by atoms with Gasteiger partial charge in [-0.1, -0.05) is 42.8 Å². The second-order valence-corrected chi connectivity index (χ2v) is 17.6. The van der Waals surface area contributed by atoms with Gasteiger partial charge in [-0.2, -0.15) is 5.10 Å². The van der Waals surface area contributed by atoms with E-state index in [0.717, 1.165) is 43.8 Å². The van der Waals surface area contributed by atoms with Gasteiger partial charge in [0.15, 0.2) is 0 Å². The minimum Gasteiger partial charge on any atom is -0.490 e. The SMILES string of the molecule is CO[C@H]1/C=C/C[C@H](C)C[S@@](=O)(NC(=O)c2cnn(C)c2)=NC(=O)c2ccc3c(c2)N(C[C@@H]2CC[C@H]21)C[C@]1(CO3)SCCc2cc(C)ccc21. The Labute approximate surface area is 293 Å². The molecule has 0 saturated heterocycles. The Bertz CT molecular complexity index is 1920. The first kappa shape index (κ1) is 33.9. The van der Waals surface area contributed by atoms with Crippen molar-refractivity contribution in [2.24, 2.45) is 29.2 Å². The number of fused-ring (bicyclic) bond motifs is 4. The van der Waals surface area contributed by atoms with Crippen molar-refractivity contribution in [1.82, 2.24) is 14.5 Å². The molecule has 1 fully saturated rings. The minimum absolute atomic E-state index is 0.0115. The fourth-order valence-corrected chi connectivity index (χ4v) is 11.1. The zero-order valence-corrected chi connectivity index (χ0v) is 30.2. The van der Waals surface area contributed by atoms with Crippen LogP contribution in [0.25, 0.3) is 0 Å². The molecule has 3 aromatic rings. The van der Waals surface area contributed by atoms with Crippen molar-refractivity contribution in [1.29, 1.82) is 0 Å². The quantitative estimate of drug-likeness (QED) is 0.346. The van der Waals surface area contributed by atoms with E-state index in [4.69, 9.17) is 9.47 Å². The number of carbonyl (C=O) groups is 2. The van der Waals surface area contributed by atoms with Crippen molar-refractivity contribution in [2.45, 2.75) is 50.4 Å². The number of carbonyl (C=O) groups excluding carboxylic acids is 2. The van der Waals surface area contributed by atoms with Crippen LogP contribution in [0, 0.1) is 24.7 Å². The molecule has 1 saturated carbocycles. The minimum atomic E-state index is -3.51. The highest BCUT2D eigenvalue weighted by atomic mass is 32.2. The summed E-state index contributed by atoms with van der Waals surface area (Å²) in [6.45, 7) is 6.12. The maximum atomic E-state index is 14.4. The van der Waals surface area contributed by atoms with Gasteiger partial charge in [0.05, 0.1) is 34.1 Å². The summed E-state index contributed by atoms with van der Waals surface area (Å²) in [5, 5.41) is 4.06. The molecule has 1 N–H and O–H groups in total. The number of aryl methyl sites for hydroxylation is 3. The molecule has 0 unspecified atom stereocenters. The van der Waals surface area contributed by atoms with Crippen LogP contribution in [0.2, 0.25) is 0 Å². The molecule has 2 amide bonds. The summed E-state index contributed by atoms with van der Waals surface area (Å²) in [6, 6.07) is 12.1. The third-order valence-electron chi connectivity index (χ3n) is 10.4. The average molecular weight is 704 g/mol. The van der Waals surface area contributed by atoms with E-state index in [1.807, 2.05) is 30.8 Å². The number of nitrogens with one attached hydrogen (secondary N) is 1. The molecule has 2 aromatic carbocycles. The normalized spacial score (nSPS) is 30.5. The van der Waals surface area contributed by atoms with Crippen LogP contribution in [0.5, 0.6) is 5.75 Å². The van der Waals surface area contributed by atoms with Crippen molar-refractivity contribution >= 4 is 39.2 Å². The van der Waals surface area contributed by atoms with Crippen molar-refractivity contribution in [3.63, 3.8) is 0 Å². The zero-order valence-electron chi connectivity index (χ0n) is 28.6. The molecule has 2 bridgehead atoms. The summed E-state index contributed by atoms with van der Waals surface area (Å²) in [4.78, 5) is 29.5. The van der Waals surface area contributed by atoms with Crippen molar-refractivity contribution < 1.29 is 23.3 Å². The average Bonchev–Trinajstić information content (AvgIpc) is 3.43. The first-order valence-electron chi connectivity index (χ1n) is 17.1. The van der Waals surface area contributed by atoms with Crippen LogP contribution in [-0.4, -0.2) is 70.2 Å². The predicted molar refractivity (Wildman–Crippen MR) is 194 cm³/mol. The Kier molecular flexibility index (Phi) is 9.40. The number of allylic oxidation sites excluding steroid dienone is 1. The third-order valence-corrected chi connectivity index (χ3v) is 13.8. The molecule has 4 heterocycles. The van der Waals surface area contributed by atoms with Crippen molar-refractivity contribution in [2.75, 3.05) is 43.2 Å². The molecular formula is C37H45N5O5S2. The van der Waals surface area contributed by atoms with E-state index in [-0.39, 0.29) is 28.1 Å². The van der Waals surface area contributed by atoms with Crippen LogP contribution in [0.1, 0.15) is 63.6 Å². The van der Waals surface area contributed by atoms with E-state index < -0.39 is 21.7 Å². The monoisotopic (exact) mass is 703 g/mol. The number of aromatic nitrogens is 2. The molecule has 12 heteroatoms. The number of amides is 2. The van der Waals surface area contributed by atoms with Gasteiger partial charge in [0.1, 0.15) is 22.3 Å². The van der Waals surface area contributed by atoms with Crippen LogP contribution in [0.15, 0.2) is 65.3 Å². The van der Waals surface area contributed by atoms with Crippen LogP contribution in [0.3, 0.4) is 0 Å². The van der Waals surface area contributed by atoms with Crippen LogP contribution >= 0.6 is 11.8 Å². The number of benzene rings is 2. The number of rotatable bonds is 3. The van der Waals surface area contributed by atoms with Gasteiger partial charge in [-0.25, -0.2) is 4.21 Å². The zero-order chi connectivity index (χ0) is 34.3. The van der Waals surface area contributed by atoms with E-state index in [1.165, 1.54) is 33.8 Å². The van der Waals surface area contributed by atoms with E-state index in [9.17, 15) is 13.8 Å². The van der Waals surface area contributed by atoms with Crippen LogP contribution in [-0.2, 0) is 32.9 Å². The number of ether oxygens (including phenoxy) is 2. The number of hydrogen-bond acceptors (Lipinski definition) is 8. The maximum Gasteiger partial charge on any atom is 0.286 e. The number of anilines is 1. The lowest BCUT2D eigenvalue weighted by atomic mass is 9.70. The fourth-order valence-electron chi connectivity index (χ4n) is 7.74. The summed E-state index contributed by atoms with van der Waals surface area (Å²) < 4.78 is 35.2. The largest absolute Gasteiger partial charge is 0.490 e. The molecule has 1 aliphatic carbocycles. The third kappa shape index (κ3) is 6.92. The van der Waals surface area contributed by atoms with Crippen molar-refractivity contribution in [3.05, 3.63) is 88.8 Å². The van der Waals surface area contributed by atoms with Gasteiger partial charge in [0.25, 0.3) is 11.8 Å². The van der Waals surface area contributed by atoms with E-state index in [1.54, 1.807) is 20.2 Å². The van der Waals surface area contributed by atoms with Gasteiger partial charge >= 0.3 is 0 Å². The van der Waals surface area contributed by atoms with E-state index in [2.05, 4.69) is 56.4 Å². The highest BCUT2D eigenvalue weighted by molar-refractivity contribution is 8.00. The summed E-state index contributed by atoms with van der Waals surface area (Å²) in [5.41, 5.74) is 5.34. The summed E-state index contributed by atoms with van der Waals surface area (Å²) >= 11 is 1.96. The maximum absolute atomic E-state index is 14.4. The second kappa shape index (κ2) is 13.6. The lowest BCUT2D eigenvalue weighted by Gasteiger charge is -2.45. The first-order chi connectivity index (χ1) is 23.5. The Balaban J connectivity index is 1.31. The first-order valence-corrected chi connectivity index (χ1v) is 19.8. The Hall–Kier alpha value is -3.61. The molecule has 260 valence electrons. The molecule has 7 rings (SSSR count).